The van der Waals surface area contributed by atoms with E-state index >= 15 is 0 Å². The molecule has 0 saturated carbocycles. The molecule has 0 aliphatic rings. The Morgan fingerprint density at radius 2 is 0.692 bits per heavy atom. The Morgan fingerprint density at radius 3 is 1.21 bits per heavy atom. The first-order chi connectivity index (χ1) is 25.7. The van der Waals surface area contributed by atoms with Crippen molar-refractivity contribution in [3.8, 4) is 44.8 Å². The van der Waals surface area contributed by atoms with Crippen LogP contribution in [0.3, 0.4) is 0 Å². The van der Waals surface area contributed by atoms with E-state index in [0.29, 0.717) is 0 Å². The van der Waals surface area contributed by atoms with E-state index in [1.165, 1.54) is 93.8 Å². The fraction of sp³-hybridized carbons (Fsp3) is 0.0400. The molecule has 2 nitrogen and oxygen atoms in total. The van der Waals surface area contributed by atoms with Crippen molar-refractivity contribution in [2.24, 2.45) is 0 Å². The van der Waals surface area contributed by atoms with Gasteiger partial charge in [-0.05, 0) is 94.8 Å². The lowest BCUT2D eigenvalue weighted by atomic mass is 9.98. The number of fused-ring (bicyclic) bond motifs is 6. The highest BCUT2D eigenvalue weighted by atomic mass is 15.0. The normalized spacial score (nSPS) is 11.7. The van der Waals surface area contributed by atoms with Crippen molar-refractivity contribution < 1.29 is 0 Å². The second kappa shape index (κ2) is 12.0. The van der Waals surface area contributed by atoms with Gasteiger partial charge >= 0.3 is 0 Å². The minimum absolute atomic E-state index is 1.16. The molecule has 2 heteroatoms. The summed E-state index contributed by atoms with van der Waals surface area (Å²) in [6.07, 6.45) is 0. The van der Waals surface area contributed by atoms with Crippen LogP contribution in [0.5, 0.6) is 0 Å². The number of benzene rings is 8. The molecule has 10 rings (SSSR count). The molecule has 0 aliphatic heterocycles. The third kappa shape index (κ3) is 4.65. The van der Waals surface area contributed by atoms with E-state index in [0.717, 1.165) is 5.69 Å². The molecule has 0 radical (unpaired) electrons. The van der Waals surface area contributed by atoms with E-state index in [1.807, 2.05) is 0 Å². The monoisotopic (exact) mass is 664 g/mol. The van der Waals surface area contributed by atoms with Crippen molar-refractivity contribution in [1.82, 2.24) is 9.13 Å². The van der Waals surface area contributed by atoms with Gasteiger partial charge in [0.1, 0.15) is 0 Å². The van der Waals surface area contributed by atoms with Gasteiger partial charge in [0.2, 0.25) is 0 Å². The lowest BCUT2D eigenvalue weighted by molar-refractivity contribution is 1.16. The summed E-state index contributed by atoms with van der Waals surface area (Å²) in [5.74, 6) is 0. The lowest BCUT2D eigenvalue weighted by Gasteiger charge is -2.15. The molecule has 10 aromatic rings. The van der Waals surface area contributed by atoms with E-state index in [-0.39, 0.29) is 0 Å². The minimum atomic E-state index is 1.16. The van der Waals surface area contributed by atoms with Crippen molar-refractivity contribution in [2.75, 3.05) is 0 Å². The van der Waals surface area contributed by atoms with Gasteiger partial charge < -0.3 is 9.13 Å². The molecule has 2 aromatic heterocycles. The van der Waals surface area contributed by atoms with Crippen LogP contribution in [-0.4, -0.2) is 9.13 Å². The second-order valence-corrected chi connectivity index (χ2v) is 13.8. The van der Waals surface area contributed by atoms with Crippen molar-refractivity contribution >= 4 is 43.6 Å². The molecule has 0 unspecified atom stereocenters. The summed E-state index contributed by atoms with van der Waals surface area (Å²) in [6.45, 7) is 4.64. The minimum Gasteiger partial charge on any atom is -0.309 e. The van der Waals surface area contributed by atoms with Gasteiger partial charge in [-0.2, -0.15) is 0 Å². The molecule has 0 aliphatic carbocycles. The number of aromatic nitrogens is 2. The maximum Gasteiger partial charge on any atom is 0.0580 e. The summed E-state index contributed by atoms with van der Waals surface area (Å²) in [4.78, 5) is 0. The van der Waals surface area contributed by atoms with Crippen LogP contribution in [0.15, 0.2) is 182 Å². The number of hydrogen-bond acceptors (Lipinski definition) is 0. The maximum absolute atomic E-state index is 2.50. The molecule has 52 heavy (non-hydrogen) atoms. The molecule has 0 spiro atoms. The molecule has 0 saturated heterocycles. The van der Waals surface area contributed by atoms with E-state index in [4.69, 9.17) is 0 Å². The summed E-state index contributed by atoms with van der Waals surface area (Å²) in [5, 5.41) is 5.16. The standard InChI is InChI=1S/C50H36N2/c1-33-48-44-21-10-12-23-46(44)52(42-19-13-18-40(32-42)39-26-24-37(25-27-39)35-14-5-3-6-15-35)50(48)34(2)47-43-20-9-11-22-45(43)51(49(33)47)41-30-28-38(29-31-41)36-16-7-4-8-17-36/h3-32H,1-2H3. The van der Waals surface area contributed by atoms with Crippen LogP contribution in [0.2, 0.25) is 0 Å². The van der Waals surface area contributed by atoms with Crippen molar-refractivity contribution in [3.05, 3.63) is 193 Å². The van der Waals surface area contributed by atoms with Gasteiger partial charge in [0.05, 0.1) is 22.1 Å². The Hall–Kier alpha value is -6.64. The van der Waals surface area contributed by atoms with Crippen LogP contribution in [0.1, 0.15) is 11.1 Å². The van der Waals surface area contributed by atoms with Crippen LogP contribution in [0, 0.1) is 13.8 Å². The SMILES string of the molecule is Cc1c2c3ccccc3n(-c3cccc(-c4ccc(-c5ccccc5)cc4)c3)c2c(C)c2c3ccccc3n(-c3ccc(-c4ccccc4)cc3)c12. The highest BCUT2D eigenvalue weighted by Gasteiger charge is 2.24. The van der Waals surface area contributed by atoms with Gasteiger partial charge in [-0.3, -0.25) is 0 Å². The first-order valence-electron chi connectivity index (χ1n) is 18.0. The van der Waals surface area contributed by atoms with Gasteiger partial charge in [-0.1, -0.05) is 146 Å². The molecule has 8 aromatic carbocycles. The second-order valence-electron chi connectivity index (χ2n) is 13.8. The molecule has 0 amide bonds. The Morgan fingerprint density at radius 1 is 0.308 bits per heavy atom. The lowest BCUT2D eigenvalue weighted by Crippen LogP contribution is -1.99. The molecule has 0 fully saturated rings. The fourth-order valence-electron chi connectivity index (χ4n) is 8.47. The van der Waals surface area contributed by atoms with Crippen molar-refractivity contribution in [1.29, 1.82) is 0 Å². The number of rotatable bonds is 5. The molecular weight excluding hydrogens is 629 g/mol. The zero-order valence-corrected chi connectivity index (χ0v) is 29.2. The molecule has 0 atom stereocenters. The van der Waals surface area contributed by atoms with Crippen LogP contribution in [0.4, 0.5) is 0 Å². The predicted octanol–water partition coefficient (Wildman–Crippen LogP) is 13.5. The Balaban J connectivity index is 1.20. The van der Waals surface area contributed by atoms with Crippen LogP contribution >= 0.6 is 0 Å². The Kier molecular flexibility index (Phi) is 6.97. The first-order valence-corrected chi connectivity index (χ1v) is 18.0. The molecular formula is C50H36N2. The van der Waals surface area contributed by atoms with Crippen LogP contribution in [-0.2, 0) is 0 Å². The third-order valence-corrected chi connectivity index (χ3v) is 10.9. The first kappa shape index (κ1) is 30.2. The number of nitrogens with zero attached hydrogens (tertiary/aromatic N) is 2. The Labute approximate surface area is 303 Å². The zero-order chi connectivity index (χ0) is 34.8. The predicted molar refractivity (Wildman–Crippen MR) is 221 cm³/mol. The molecule has 2 heterocycles. The van der Waals surface area contributed by atoms with Crippen LogP contribution < -0.4 is 0 Å². The van der Waals surface area contributed by atoms with Gasteiger partial charge in [-0.25, -0.2) is 0 Å². The molecule has 0 bridgehead atoms. The number of aryl methyl sites for hydroxylation is 2. The topological polar surface area (TPSA) is 9.86 Å². The van der Waals surface area contributed by atoms with Gasteiger partial charge in [0.25, 0.3) is 0 Å². The van der Waals surface area contributed by atoms with Gasteiger partial charge in [0.15, 0.2) is 0 Å². The number of para-hydroxylation sites is 2. The highest BCUT2D eigenvalue weighted by molar-refractivity contribution is 6.23. The molecule has 246 valence electrons. The Bertz CT molecular complexity index is 2930. The summed E-state index contributed by atoms with van der Waals surface area (Å²) >= 11 is 0. The maximum atomic E-state index is 2.50. The van der Waals surface area contributed by atoms with Crippen molar-refractivity contribution in [3.63, 3.8) is 0 Å². The third-order valence-electron chi connectivity index (χ3n) is 10.9. The number of hydrogen-bond donors (Lipinski definition) is 0. The zero-order valence-electron chi connectivity index (χ0n) is 29.2. The smallest absolute Gasteiger partial charge is 0.0580 e. The van der Waals surface area contributed by atoms with Gasteiger partial charge in [-0.15, -0.1) is 0 Å². The summed E-state index contributed by atoms with van der Waals surface area (Å²) in [7, 11) is 0. The average molecular weight is 665 g/mol. The van der Waals surface area contributed by atoms with E-state index in [2.05, 4.69) is 205 Å². The fourth-order valence-corrected chi connectivity index (χ4v) is 8.47. The van der Waals surface area contributed by atoms with Gasteiger partial charge in [0, 0.05) is 32.9 Å². The van der Waals surface area contributed by atoms with E-state index in [9.17, 15) is 0 Å². The molecule has 0 N–H and O–H groups in total. The van der Waals surface area contributed by atoms with Crippen molar-refractivity contribution in [2.45, 2.75) is 13.8 Å². The summed E-state index contributed by atoms with van der Waals surface area (Å²) in [5.41, 5.74) is 17.2. The average Bonchev–Trinajstić information content (AvgIpc) is 3.76. The largest absolute Gasteiger partial charge is 0.309 e. The highest BCUT2D eigenvalue weighted by Crippen LogP contribution is 2.45. The van der Waals surface area contributed by atoms with Crippen LogP contribution in [0.25, 0.3) is 88.4 Å². The van der Waals surface area contributed by atoms with E-state index < -0.39 is 0 Å². The van der Waals surface area contributed by atoms with E-state index in [1.54, 1.807) is 0 Å². The quantitative estimate of drug-likeness (QED) is 0.173. The summed E-state index contributed by atoms with van der Waals surface area (Å²) < 4.78 is 4.97. The summed E-state index contributed by atoms with van der Waals surface area (Å²) in [6, 6.07) is 66.0.